The van der Waals surface area contributed by atoms with Crippen LogP contribution in [0.2, 0.25) is 0 Å². The van der Waals surface area contributed by atoms with E-state index in [4.69, 9.17) is 0 Å². The Balaban J connectivity index is 1.47. The monoisotopic (exact) mass is 321 g/mol. The Morgan fingerprint density at radius 3 is 2.57 bits per heavy atom. The summed E-state index contributed by atoms with van der Waals surface area (Å²) >= 11 is 0. The fraction of sp³-hybridized carbons (Fsp3) is 0.667. The van der Waals surface area contributed by atoms with Crippen LogP contribution in [0.1, 0.15) is 69.0 Å². The molecule has 0 bridgehead atoms. The second-order valence-corrected chi connectivity index (χ2v) is 6.56. The molecule has 0 N–H and O–H groups in total. The number of aliphatic imine (C=N–C) groups is 1. The first kappa shape index (κ1) is 16.3. The van der Waals surface area contributed by atoms with Gasteiger partial charge in [0.15, 0.2) is 0 Å². The van der Waals surface area contributed by atoms with E-state index in [0.717, 1.165) is 31.4 Å². The molecule has 0 fully saturated rings. The topological polar surface area (TPSA) is 30.2 Å². The van der Waals surface area contributed by atoms with E-state index in [9.17, 15) is 8.78 Å². The maximum Gasteiger partial charge on any atom is 0.113 e. The molecule has 126 valence electrons. The molecular weight excluding hydrogens is 296 g/mol. The lowest BCUT2D eigenvalue weighted by Crippen LogP contribution is -2.22. The fourth-order valence-electron chi connectivity index (χ4n) is 3.84. The molecule has 3 nitrogen and oxygen atoms in total. The highest BCUT2D eigenvalue weighted by Crippen LogP contribution is 2.46. The minimum atomic E-state index is -0.242. The minimum Gasteiger partial charge on any atom is -0.329 e. The summed E-state index contributed by atoms with van der Waals surface area (Å²) in [4.78, 5) is 8.73. The Bertz CT molecular complexity index is 564. The highest BCUT2D eigenvalue weighted by Gasteiger charge is 2.43. The van der Waals surface area contributed by atoms with Crippen molar-refractivity contribution in [1.29, 1.82) is 0 Å². The zero-order chi connectivity index (χ0) is 16.1. The number of aromatic nitrogens is 2. The van der Waals surface area contributed by atoms with E-state index in [-0.39, 0.29) is 30.5 Å². The predicted octanol–water partition coefficient (Wildman–Crippen LogP) is 4.92. The van der Waals surface area contributed by atoms with Crippen LogP contribution in [0.15, 0.2) is 29.4 Å². The first-order chi connectivity index (χ1) is 11.3. The van der Waals surface area contributed by atoms with Gasteiger partial charge in [-0.3, -0.25) is 9.38 Å². The van der Waals surface area contributed by atoms with Gasteiger partial charge in [0.05, 0.1) is 31.0 Å². The average molecular weight is 321 g/mol. The normalized spacial score (nSPS) is 25.3. The number of hydrogen-bond acceptors (Lipinski definition) is 2. The van der Waals surface area contributed by atoms with Crippen molar-refractivity contribution in [1.82, 2.24) is 9.55 Å². The predicted molar refractivity (Wildman–Crippen MR) is 88.4 cm³/mol. The lowest BCUT2D eigenvalue weighted by molar-refractivity contribution is 0.383. The van der Waals surface area contributed by atoms with Crippen molar-refractivity contribution in [3.05, 3.63) is 30.1 Å². The summed E-state index contributed by atoms with van der Waals surface area (Å²) in [5.74, 6) is -0.338. The van der Waals surface area contributed by atoms with Crippen molar-refractivity contribution in [2.75, 3.05) is 6.67 Å². The van der Waals surface area contributed by atoms with Crippen LogP contribution in [-0.2, 0) is 0 Å². The summed E-state index contributed by atoms with van der Waals surface area (Å²) in [6, 6.07) is 0.210. The van der Waals surface area contributed by atoms with Gasteiger partial charge < -0.3 is 4.57 Å². The smallest absolute Gasteiger partial charge is 0.113 e. The molecule has 0 aliphatic carbocycles. The van der Waals surface area contributed by atoms with E-state index in [1.54, 1.807) is 12.4 Å². The molecule has 5 heteroatoms. The number of alkyl halides is 1. The first-order valence-corrected chi connectivity index (χ1v) is 8.79. The Hall–Kier alpha value is -1.52. The van der Waals surface area contributed by atoms with E-state index >= 15 is 0 Å². The maximum atomic E-state index is 14.2. The number of fused-ring (bicyclic) bond motifs is 3. The van der Waals surface area contributed by atoms with Crippen LogP contribution in [0.25, 0.3) is 0 Å². The van der Waals surface area contributed by atoms with Crippen molar-refractivity contribution in [3.8, 4) is 0 Å². The van der Waals surface area contributed by atoms with Gasteiger partial charge in [-0.15, -0.1) is 0 Å². The number of imidazole rings is 1. The fourth-order valence-corrected chi connectivity index (χ4v) is 3.84. The zero-order valence-corrected chi connectivity index (χ0v) is 13.5. The number of rotatable bonds is 9. The second-order valence-electron chi connectivity index (χ2n) is 6.56. The third-order valence-electron chi connectivity index (χ3n) is 5.03. The molecule has 0 radical (unpaired) electrons. The van der Waals surface area contributed by atoms with Crippen LogP contribution < -0.4 is 0 Å². The SMILES string of the molecule is FCCCCCCCCCC1C2N=CC=C(F)C2c2cncn21. The first-order valence-electron chi connectivity index (χ1n) is 8.79. The number of unbranched alkanes of at least 4 members (excludes halogenated alkanes) is 6. The molecule has 0 aromatic carbocycles. The van der Waals surface area contributed by atoms with Crippen LogP contribution in [0.3, 0.4) is 0 Å². The molecule has 3 unspecified atom stereocenters. The molecule has 2 aliphatic heterocycles. The van der Waals surface area contributed by atoms with Gasteiger partial charge in [0.1, 0.15) is 5.83 Å². The van der Waals surface area contributed by atoms with Crippen molar-refractivity contribution in [3.63, 3.8) is 0 Å². The summed E-state index contributed by atoms with van der Waals surface area (Å²) < 4.78 is 28.3. The van der Waals surface area contributed by atoms with Crippen molar-refractivity contribution >= 4 is 6.21 Å². The van der Waals surface area contributed by atoms with Gasteiger partial charge >= 0.3 is 0 Å². The lowest BCUT2D eigenvalue weighted by Gasteiger charge is -2.22. The molecule has 1 aromatic rings. The van der Waals surface area contributed by atoms with E-state index < -0.39 is 0 Å². The van der Waals surface area contributed by atoms with E-state index in [0.29, 0.717) is 6.42 Å². The Morgan fingerprint density at radius 1 is 1.04 bits per heavy atom. The number of dihydropyridines is 1. The number of halogens is 2. The molecule has 23 heavy (non-hydrogen) atoms. The standard InChI is InChI=1S/C18H25F2N3/c19-10-7-5-3-1-2-4-6-8-15-18-17(14(20)9-11-22-18)16-12-21-13-23(15)16/h9,11-13,15,17-18H,1-8,10H2. The second kappa shape index (κ2) is 7.84. The molecule has 0 spiro atoms. The highest BCUT2D eigenvalue weighted by molar-refractivity contribution is 5.74. The summed E-state index contributed by atoms with van der Waals surface area (Å²) in [6.07, 6.45) is 15.2. The van der Waals surface area contributed by atoms with Gasteiger partial charge in [0.2, 0.25) is 0 Å². The number of hydrogen-bond donors (Lipinski definition) is 0. The third kappa shape index (κ3) is 3.54. The lowest BCUT2D eigenvalue weighted by atomic mass is 9.90. The van der Waals surface area contributed by atoms with Crippen molar-refractivity contribution in [2.24, 2.45) is 4.99 Å². The van der Waals surface area contributed by atoms with Gasteiger partial charge in [-0.2, -0.15) is 0 Å². The quantitative estimate of drug-likeness (QED) is 0.594. The highest BCUT2D eigenvalue weighted by atomic mass is 19.1. The van der Waals surface area contributed by atoms with E-state index in [1.807, 2.05) is 6.33 Å². The molecule has 1 aromatic heterocycles. The Kier molecular flexibility index (Phi) is 5.57. The van der Waals surface area contributed by atoms with Gasteiger partial charge in [-0.05, 0) is 18.9 Å². The third-order valence-corrected chi connectivity index (χ3v) is 5.03. The van der Waals surface area contributed by atoms with Crippen LogP contribution in [0.5, 0.6) is 0 Å². The molecule has 2 aliphatic rings. The summed E-state index contributed by atoms with van der Waals surface area (Å²) in [6.45, 7) is -0.191. The molecule has 3 heterocycles. The van der Waals surface area contributed by atoms with Crippen molar-refractivity contribution in [2.45, 2.75) is 69.4 Å². The van der Waals surface area contributed by atoms with E-state index in [2.05, 4.69) is 14.5 Å². The Morgan fingerprint density at radius 2 is 1.78 bits per heavy atom. The summed E-state index contributed by atoms with van der Waals surface area (Å²) in [5.41, 5.74) is 0.955. The summed E-state index contributed by atoms with van der Waals surface area (Å²) in [5, 5.41) is 0. The number of nitrogens with zero attached hydrogens (tertiary/aromatic N) is 3. The zero-order valence-electron chi connectivity index (χ0n) is 13.5. The molecule has 0 saturated heterocycles. The minimum absolute atomic E-state index is 0.0115. The van der Waals surface area contributed by atoms with Gasteiger partial charge in [-0.25, -0.2) is 9.37 Å². The Labute approximate surface area is 136 Å². The molecule has 0 amide bonds. The maximum absolute atomic E-state index is 14.2. The van der Waals surface area contributed by atoms with Gasteiger partial charge in [0, 0.05) is 18.1 Å². The van der Waals surface area contributed by atoms with Crippen LogP contribution in [0, 0.1) is 0 Å². The molecule has 3 rings (SSSR count). The van der Waals surface area contributed by atoms with Crippen LogP contribution in [-0.4, -0.2) is 28.5 Å². The van der Waals surface area contributed by atoms with Gasteiger partial charge in [-0.1, -0.05) is 38.5 Å². The largest absolute Gasteiger partial charge is 0.329 e. The molecule has 3 atom stereocenters. The summed E-state index contributed by atoms with van der Waals surface area (Å²) in [7, 11) is 0. The van der Waals surface area contributed by atoms with Crippen LogP contribution in [0.4, 0.5) is 8.78 Å². The average Bonchev–Trinajstić information content (AvgIpc) is 3.12. The molecule has 0 saturated carbocycles. The van der Waals surface area contributed by atoms with Crippen molar-refractivity contribution < 1.29 is 8.78 Å². The van der Waals surface area contributed by atoms with Crippen LogP contribution >= 0.6 is 0 Å². The van der Waals surface area contributed by atoms with E-state index in [1.165, 1.54) is 25.3 Å². The number of allylic oxidation sites excluding steroid dienone is 1. The van der Waals surface area contributed by atoms with Gasteiger partial charge in [0.25, 0.3) is 0 Å². The molecular formula is C18H25F2N3.